The fourth-order valence-electron chi connectivity index (χ4n) is 3.86. The van der Waals surface area contributed by atoms with Gasteiger partial charge < -0.3 is 0 Å². The molecular formula is C17H11F4N5O2S. The van der Waals surface area contributed by atoms with Gasteiger partial charge in [0.2, 0.25) is 9.84 Å². The van der Waals surface area contributed by atoms with Crippen molar-refractivity contribution in [3.05, 3.63) is 64.7 Å². The number of rotatable bonds is 2. The molecule has 0 saturated carbocycles. The van der Waals surface area contributed by atoms with Gasteiger partial charge in [-0.15, -0.1) is 0 Å². The van der Waals surface area contributed by atoms with Crippen molar-refractivity contribution < 1.29 is 26.0 Å². The normalized spacial score (nSPS) is 20.4. The molecule has 3 aromatic heterocycles. The van der Waals surface area contributed by atoms with Crippen molar-refractivity contribution >= 4 is 9.84 Å². The first-order valence-corrected chi connectivity index (χ1v) is 9.91. The average Bonchev–Trinajstić information content (AvgIpc) is 3.25. The molecule has 2 N–H and O–H groups in total. The Morgan fingerprint density at radius 1 is 1.10 bits per heavy atom. The minimum absolute atomic E-state index is 0.180. The zero-order chi connectivity index (χ0) is 20.6. The van der Waals surface area contributed by atoms with Gasteiger partial charge in [-0.1, -0.05) is 0 Å². The summed E-state index contributed by atoms with van der Waals surface area (Å²) < 4.78 is 79.2. The van der Waals surface area contributed by atoms with Gasteiger partial charge in [0.25, 0.3) is 0 Å². The largest absolute Gasteiger partial charge is 0.433 e. The third-order valence-electron chi connectivity index (χ3n) is 5.12. The van der Waals surface area contributed by atoms with Crippen LogP contribution in [0.5, 0.6) is 0 Å². The van der Waals surface area contributed by atoms with Crippen molar-refractivity contribution in [1.82, 2.24) is 25.5 Å². The maximum Gasteiger partial charge on any atom is 0.433 e. The van der Waals surface area contributed by atoms with E-state index in [1.165, 1.54) is 0 Å². The van der Waals surface area contributed by atoms with Crippen LogP contribution in [0.1, 0.15) is 40.3 Å². The molecule has 29 heavy (non-hydrogen) atoms. The SMILES string of the molecule is O=S(=O)(c1ccc(C(F)(F)F)nc1)c1c(F)cnc2c1C1Cc3[nH]ncc3C2N1. The van der Waals surface area contributed by atoms with Crippen LogP contribution < -0.4 is 5.32 Å². The second-order valence-corrected chi connectivity index (χ2v) is 8.66. The molecule has 0 radical (unpaired) electrons. The lowest BCUT2D eigenvalue weighted by atomic mass is 10.0. The molecule has 2 unspecified atom stereocenters. The molecule has 12 heteroatoms. The number of nitrogens with one attached hydrogen (secondary N) is 2. The molecule has 2 bridgehead atoms. The van der Waals surface area contributed by atoms with Crippen LogP contribution in [0.15, 0.2) is 40.5 Å². The summed E-state index contributed by atoms with van der Waals surface area (Å²) in [4.78, 5) is 6.15. The first-order valence-electron chi connectivity index (χ1n) is 8.42. The first kappa shape index (κ1) is 18.2. The molecule has 5 heterocycles. The van der Waals surface area contributed by atoms with E-state index < -0.39 is 49.4 Å². The summed E-state index contributed by atoms with van der Waals surface area (Å²) in [5.74, 6) is -1.07. The van der Waals surface area contributed by atoms with Crippen LogP contribution in [0.3, 0.4) is 0 Å². The molecular weight excluding hydrogens is 414 g/mol. The highest BCUT2D eigenvalue weighted by atomic mass is 32.2. The summed E-state index contributed by atoms with van der Waals surface area (Å²) in [5, 5.41) is 10.0. The second kappa shape index (κ2) is 5.83. The molecule has 0 saturated heterocycles. The van der Waals surface area contributed by atoms with E-state index in [0.29, 0.717) is 24.4 Å². The molecule has 0 fully saturated rings. The maximum absolute atomic E-state index is 14.7. The Kier molecular flexibility index (Phi) is 3.65. The van der Waals surface area contributed by atoms with Gasteiger partial charge in [0.05, 0.1) is 29.0 Å². The summed E-state index contributed by atoms with van der Waals surface area (Å²) >= 11 is 0. The third-order valence-corrected chi connectivity index (χ3v) is 6.94. The zero-order valence-corrected chi connectivity index (χ0v) is 15.1. The molecule has 2 aliphatic heterocycles. The van der Waals surface area contributed by atoms with Crippen LogP contribution in [-0.2, 0) is 22.4 Å². The zero-order valence-electron chi connectivity index (χ0n) is 14.3. The number of sulfone groups is 1. The first-order chi connectivity index (χ1) is 13.7. The summed E-state index contributed by atoms with van der Waals surface area (Å²) in [6, 6.07) is 0.355. The Morgan fingerprint density at radius 3 is 2.59 bits per heavy atom. The number of hydrogen-bond donors (Lipinski definition) is 2. The highest BCUT2D eigenvalue weighted by Crippen LogP contribution is 2.46. The van der Waals surface area contributed by atoms with E-state index >= 15 is 0 Å². The van der Waals surface area contributed by atoms with Gasteiger partial charge in [0, 0.05) is 35.5 Å². The van der Waals surface area contributed by atoms with E-state index in [1.54, 1.807) is 6.20 Å². The Hall–Kier alpha value is -2.86. The minimum atomic E-state index is -4.72. The van der Waals surface area contributed by atoms with Gasteiger partial charge in [-0.3, -0.25) is 20.4 Å². The third kappa shape index (κ3) is 2.59. The van der Waals surface area contributed by atoms with Crippen LogP contribution in [-0.4, -0.2) is 28.6 Å². The lowest BCUT2D eigenvalue weighted by Gasteiger charge is -2.21. The van der Waals surface area contributed by atoms with Gasteiger partial charge in [-0.25, -0.2) is 12.8 Å². The van der Waals surface area contributed by atoms with Crippen LogP contribution in [0, 0.1) is 5.82 Å². The predicted octanol–water partition coefficient (Wildman–Crippen LogP) is 2.48. The number of nitrogens with zero attached hydrogens (tertiary/aromatic N) is 3. The van der Waals surface area contributed by atoms with Crippen molar-refractivity contribution in [3.8, 4) is 0 Å². The van der Waals surface area contributed by atoms with Gasteiger partial charge in [0.15, 0.2) is 5.82 Å². The summed E-state index contributed by atoms with van der Waals surface area (Å²) in [5.41, 5.74) is 0.880. The van der Waals surface area contributed by atoms with E-state index in [-0.39, 0.29) is 5.56 Å². The second-order valence-electron chi connectivity index (χ2n) is 6.77. The monoisotopic (exact) mass is 425 g/mol. The Bertz CT molecular complexity index is 1240. The van der Waals surface area contributed by atoms with E-state index in [4.69, 9.17) is 0 Å². The van der Waals surface area contributed by atoms with E-state index in [9.17, 15) is 26.0 Å². The van der Waals surface area contributed by atoms with Crippen LogP contribution in [0.25, 0.3) is 0 Å². The van der Waals surface area contributed by atoms with Crippen molar-refractivity contribution in [1.29, 1.82) is 0 Å². The molecule has 0 amide bonds. The minimum Gasteiger partial charge on any atom is -0.297 e. The number of alkyl halides is 3. The van der Waals surface area contributed by atoms with E-state index in [1.807, 2.05) is 0 Å². The standard InChI is InChI=1S/C17H11F4N5O2S/c18-9-6-23-15-13(11-3-10-8(5-24-26-10)14(15)25-11)16(9)29(27,28)7-1-2-12(22-4-7)17(19,20)21/h1-2,4-6,11,14,25H,3H2,(H,24,26). The van der Waals surface area contributed by atoms with Crippen molar-refractivity contribution in [3.63, 3.8) is 0 Å². The number of aromatic amines is 1. The molecule has 150 valence electrons. The van der Waals surface area contributed by atoms with E-state index in [2.05, 4.69) is 25.5 Å². The quantitative estimate of drug-likeness (QED) is 0.612. The maximum atomic E-state index is 14.7. The molecule has 3 aromatic rings. The number of fused-ring (bicyclic) bond motifs is 7. The number of halogens is 4. The van der Waals surface area contributed by atoms with Gasteiger partial charge >= 0.3 is 6.18 Å². The molecule has 2 atom stereocenters. The smallest absolute Gasteiger partial charge is 0.297 e. The molecule has 5 rings (SSSR count). The van der Waals surface area contributed by atoms with E-state index in [0.717, 1.165) is 23.5 Å². The van der Waals surface area contributed by atoms with Crippen molar-refractivity contribution in [2.45, 2.75) is 34.5 Å². The summed E-state index contributed by atoms with van der Waals surface area (Å²) in [6.07, 6.45) is -1.38. The lowest BCUT2D eigenvalue weighted by molar-refractivity contribution is -0.141. The molecule has 7 nitrogen and oxygen atoms in total. The summed E-state index contributed by atoms with van der Waals surface area (Å²) in [6.45, 7) is 0. The van der Waals surface area contributed by atoms with Crippen molar-refractivity contribution in [2.75, 3.05) is 0 Å². The molecule has 0 aliphatic carbocycles. The Balaban J connectivity index is 1.66. The molecule has 2 aliphatic rings. The Morgan fingerprint density at radius 2 is 1.90 bits per heavy atom. The average molecular weight is 425 g/mol. The highest BCUT2D eigenvalue weighted by Gasteiger charge is 2.44. The molecule has 0 spiro atoms. The van der Waals surface area contributed by atoms with Crippen LogP contribution in [0.4, 0.5) is 17.6 Å². The fraction of sp³-hybridized carbons (Fsp3) is 0.235. The van der Waals surface area contributed by atoms with Gasteiger partial charge in [0.1, 0.15) is 10.6 Å². The van der Waals surface area contributed by atoms with Gasteiger partial charge in [-0.2, -0.15) is 18.3 Å². The fourth-order valence-corrected chi connectivity index (χ4v) is 5.38. The van der Waals surface area contributed by atoms with Gasteiger partial charge in [-0.05, 0) is 12.1 Å². The number of hydrogen-bond acceptors (Lipinski definition) is 6. The Labute approximate surface area is 161 Å². The predicted molar refractivity (Wildman–Crippen MR) is 88.9 cm³/mol. The summed E-state index contributed by atoms with van der Waals surface area (Å²) in [7, 11) is -4.48. The van der Waals surface area contributed by atoms with Crippen molar-refractivity contribution in [2.24, 2.45) is 0 Å². The highest BCUT2D eigenvalue weighted by molar-refractivity contribution is 7.91. The lowest BCUT2D eigenvalue weighted by Crippen LogP contribution is -2.26. The number of pyridine rings is 2. The number of aromatic nitrogens is 4. The molecule has 0 aromatic carbocycles. The number of H-pyrrole nitrogens is 1. The van der Waals surface area contributed by atoms with Crippen LogP contribution >= 0.6 is 0 Å². The van der Waals surface area contributed by atoms with Crippen LogP contribution in [0.2, 0.25) is 0 Å². The topological polar surface area (TPSA) is 101 Å².